The molecule has 0 saturated heterocycles. The maximum Gasteiger partial charge on any atom is 0.408 e. The molecular weight excluding hydrogens is 336 g/mol. The highest BCUT2D eigenvalue weighted by atomic mass is 16.6. The fraction of sp³-hybridized carbons (Fsp3) is 0.579. The number of carbonyl (C=O) groups is 2. The number of ether oxygens (including phenoxy) is 1. The minimum Gasteiger partial charge on any atom is -0.504 e. The molecule has 0 fully saturated rings. The number of nitrogens with one attached hydrogen (secondary N) is 2. The SMILES string of the molecule is CC(C)C[C@H](NC(=O)OC(C)(C)C)C(=O)NCCc1ccc(O)c(O)c1. The molecule has 0 aliphatic carbocycles. The highest BCUT2D eigenvalue weighted by molar-refractivity contribution is 5.85. The summed E-state index contributed by atoms with van der Waals surface area (Å²) < 4.78 is 5.22. The van der Waals surface area contributed by atoms with Gasteiger partial charge >= 0.3 is 6.09 Å². The van der Waals surface area contributed by atoms with Gasteiger partial charge in [-0.05, 0) is 57.2 Å². The van der Waals surface area contributed by atoms with E-state index < -0.39 is 17.7 Å². The van der Waals surface area contributed by atoms with E-state index in [-0.39, 0.29) is 23.3 Å². The molecule has 1 aromatic rings. The number of phenols is 2. The first-order valence-corrected chi connectivity index (χ1v) is 8.76. The van der Waals surface area contributed by atoms with Crippen molar-refractivity contribution >= 4 is 12.0 Å². The number of hydrogen-bond donors (Lipinski definition) is 4. The number of carbonyl (C=O) groups excluding carboxylic acids is 2. The lowest BCUT2D eigenvalue weighted by molar-refractivity contribution is -0.123. The van der Waals surface area contributed by atoms with Crippen LogP contribution in [0.2, 0.25) is 0 Å². The van der Waals surface area contributed by atoms with Gasteiger partial charge in [0.2, 0.25) is 5.91 Å². The number of phenolic OH excluding ortho intramolecular Hbond substituents is 2. The van der Waals surface area contributed by atoms with Gasteiger partial charge in [0.05, 0.1) is 0 Å². The summed E-state index contributed by atoms with van der Waals surface area (Å²) in [5.41, 5.74) is 0.144. The van der Waals surface area contributed by atoms with Crippen LogP contribution in [0.15, 0.2) is 18.2 Å². The Morgan fingerprint density at radius 1 is 1.15 bits per heavy atom. The van der Waals surface area contributed by atoms with Gasteiger partial charge < -0.3 is 25.6 Å². The molecule has 0 bridgehead atoms. The van der Waals surface area contributed by atoms with E-state index >= 15 is 0 Å². The second-order valence-electron chi connectivity index (χ2n) is 7.69. The Labute approximate surface area is 154 Å². The third-order valence-corrected chi connectivity index (χ3v) is 3.47. The van der Waals surface area contributed by atoms with Gasteiger partial charge in [0.25, 0.3) is 0 Å². The third-order valence-electron chi connectivity index (χ3n) is 3.47. The van der Waals surface area contributed by atoms with Crippen LogP contribution >= 0.6 is 0 Å². The van der Waals surface area contributed by atoms with Crippen LogP contribution in [0.1, 0.15) is 46.6 Å². The summed E-state index contributed by atoms with van der Waals surface area (Å²) in [5.74, 6) is -0.447. The Morgan fingerprint density at radius 2 is 1.81 bits per heavy atom. The van der Waals surface area contributed by atoms with Crippen molar-refractivity contribution in [2.75, 3.05) is 6.54 Å². The van der Waals surface area contributed by atoms with Crippen LogP contribution < -0.4 is 10.6 Å². The molecule has 1 rings (SSSR count). The molecular formula is C19H30N2O5. The van der Waals surface area contributed by atoms with E-state index in [0.717, 1.165) is 5.56 Å². The number of benzene rings is 1. The second-order valence-corrected chi connectivity index (χ2v) is 7.69. The first-order valence-electron chi connectivity index (χ1n) is 8.76. The molecule has 26 heavy (non-hydrogen) atoms. The molecule has 0 radical (unpaired) electrons. The summed E-state index contributed by atoms with van der Waals surface area (Å²) in [6, 6.07) is 3.84. The summed E-state index contributed by atoms with van der Waals surface area (Å²) in [5, 5.41) is 24.2. The van der Waals surface area contributed by atoms with Crippen LogP contribution in [0, 0.1) is 5.92 Å². The Bertz CT molecular complexity index is 623. The van der Waals surface area contributed by atoms with Crippen LogP contribution in [-0.4, -0.2) is 40.4 Å². The van der Waals surface area contributed by atoms with Crippen molar-refractivity contribution in [3.05, 3.63) is 23.8 Å². The Morgan fingerprint density at radius 3 is 2.35 bits per heavy atom. The predicted molar refractivity (Wildman–Crippen MR) is 99.1 cm³/mol. The van der Waals surface area contributed by atoms with Gasteiger partial charge in [0.1, 0.15) is 11.6 Å². The van der Waals surface area contributed by atoms with Gasteiger partial charge in [-0.2, -0.15) is 0 Å². The fourth-order valence-electron chi connectivity index (χ4n) is 2.33. The molecule has 1 atom stereocenters. The normalized spacial score (nSPS) is 12.5. The van der Waals surface area contributed by atoms with E-state index in [9.17, 15) is 19.8 Å². The Balaban J connectivity index is 2.59. The summed E-state index contributed by atoms with van der Waals surface area (Å²) in [6.45, 7) is 9.56. The Kier molecular flexibility index (Phi) is 7.74. The monoisotopic (exact) mass is 366 g/mol. The van der Waals surface area contributed by atoms with Crippen molar-refractivity contribution in [2.24, 2.45) is 5.92 Å². The number of amides is 2. The van der Waals surface area contributed by atoms with Crippen molar-refractivity contribution < 1.29 is 24.5 Å². The molecule has 146 valence electrons. The average molecular weight is 366 g/mol. The van der Waals surface area contributed by atoms with E-state index in [2.05, 4.69) is 10.6 Å². The molecule has 4 N–H and O–H groups in total. The summed E-state index contributed by atoms with van der Waals surface area (Å²) in [4.78, 5) is 24.4. The quantitative estimate of drug-likeness (QED) is 0.555. The van der Waals surface area contributed by atoms with Crippen molar-refractivity contribution in [2.45, 2.75) is 59.1 Å². The molecule has 1 aromatic carbocycles. The predicted octanol–water partition coefficient (Wildman–Crippen LogP) is 2.70. The Hall–Kier alpha value is -2.44. The first kappa shape index (κ1) is 21.6. The fourth-order valence-corrected chi connectivity index (χ4v) is 2.33. The minimum atomic E-state index is -0.682. The van der Waals surface area contributed by atoms with Crippen molar-refractivity contribution in [3.8, 4) is 11.5 Å². The first-order chi connectivity index (χ1) is 12.0. The molecule has 2 amide bonds. The number of alkyl carbamates (subject to hydrolysis) is 1. The highest BCUT2D eigenvalue weighted by Gasteiger charge is 2.24. The zero-order valence-corrected chi connectivity index (χ0v) is 16.1. The third kappa shape index (κ3) is 8.09. The van der Waals surface area contributed by atoms with Crippen LogP contribution in [0.3, 0.4) is 0 Å². The molecule has 0 aliphatic heterocycles. The smallest absolute Gasteiger partial charge is 0.408 e. The van der Waals surface area contributed by atoms with Gasteiger partial charge in [-0.3, -0.25) is 4.79 Å². The summed E-state index contributed by atoms with van der Waals surface area (Å²) >= 11 is 0. The number of aromatic hydroxyl groups is 2. The van der Waals surface area contributed by atoms with Crippen molar-refractivity contribution in [1.29, 1.82) is 0 Å². The van der Waals surface area contributed by atoms with Gasteiger partial charge in [0, 0.05) is 6.54 Å². The molecule has 0 heterocycles. The average Bonchev–Trinajstić information content (AvgIpc) is 2.47. The molecule has 7 heteroatoms. The molecule has 0 aromatic heterocycles. The largest absolute Gasteiger partial charge is 0.504 e. The molecule has 0 aliphatic rings. The van der Waals surface area contributed by atoms with Gasteiger partial charge in [0.15, 0.2) is 11.5 Å². The molecule has 0 spiro atoms. The lowest BCUT2D eigenvalue weighted by Gasteiger charge is -2.24. The maximum atomic E-state index is 12.4. The van der Waals surface area contributed by atoms with Gasteiger partial charge in [-0.25, -0.2) is 4.79 Å². The maximum absolute atomic E-state index is 12.4. The van der Waals surface area contributed by atoms with Crippen LogP contribution in [0.4, 0.5) is 4.79 Å². The van der Waals surface area contributed by atoms with Crippen molar-refractivity contribution in [3.63, 3.8) is 0 Å². The van der Waals surface area contributed by atoms with Gasteiger partial charge in [-0.15, -0.1) is 0 Å². The van der Waals surface area contributed by atoms with Gasteiger partial charge in [-0.1, -0.05) is 19.9 Å². The minimum absolute atomic E-state index is 0.184. The number of rotatable bonds is 7. The zero-order chi connectivity index (χ0) is 19.9. The second kappa shape index (κ2) is 9.31. The molecule has 0 saturated carbocycles. The zero-order valence-electron chi connectivity index (χ0n) is 16.1. The number of hydrogen-bond acceptors (Lipinski definition) is 5. The van der Waals surface area contributed by atoms with Crippen LogP contribution in [0.5, 0.6) is 11.5 Å². The summed E-state index contributed by atoms with van der Waals surface area (Å²) in [6.07, 6.45) is 0.354. The van der Waals surface area contributed by atoms with E-state index in [0.29, 0.717) is 19.4 Å². The van der Waals surface area contributed by atoms with Crippen LogP contribution in [0.25, 0.3) is 0 Å². The van der Waals surface area contributed by atoms with E-state index in [1.165, 1.54) is 12.1 Å². The van der Waals surface area contributed by atoms with E-state index in [1.807, 2.05) is 13.8 Å². The lowest BCUT2D eigenvalue weighted by Crippen LogP contribution is -2.49. The topological polar surface area (TPSA) is 108 Å². The van der Waals surface area contributed by atoms with Crippen LogP contribution in [-0.2, 0) is 16.0 Å². The lowest BCUT2D eigenvalue weighted by atomic mass is 10.0. The van der Waals surface area contributed by atoms with E-state index in [1.54, 1.807) is 26.8 Å². The molecule has 0 unspecified atom stereocenters. The van der Waals surface area contributed by atoms with E-state index in [4.69, 9.17) is 4.74 Å². The standard InChI is InChI=1S/C19H30N2O5/c1-12(2)10-14(21-18(25)26-19(3,4)5)17(24)20-9-8-13-6-7-15(22)16(23)11-13/h6-7,11-12,14,22-23H,8-10H2,1-5H3,(H,20,24)(H,21,25)/t14-/m0/s1. The highest BCUT2D eigenvalue weighted by Crippen LogP contribution is 2.24. The van der Waals surface area contributed by atoms with Crippen molar-refractivity contribution in [1.82, 2.24) is 10.6 Å². The summed E-state index contributed by atoms with van der Waals surface area (Å²) in [7, 11) is 0. The molecule has 7 nitrogen and oxygen atoms in total.